The Morgan fingerprint density at radius 1 is 1.13 bits per heavy atom. The zero-order valence-corrected chi connectivity index (χ0v) is 19.1. The van der Waals surface area contributed by atoms with Crippen molar-refractivity contribution in [3.63, 3.8) is 0 Å². The summed E-state index contributed by atoms with van der Waals surface area (Å²) in [4.78, 5) is 30.9. The maximum atomic E-state index is 13.0. The quantitative estimate of drug-likeness (QED) is 0.270. The molecule has 0 aliphatic rings. The van der Waals surface area contributed by atoms with Crippen LogP contribution in [0.3, 0.4) is 0 Å². The van der Waals surface area contributed by atoms with Crippen LogP contribution in [-0.2, 0) is 11.3 Å². The van der Waals surface area contributed by atoms with Crippen LogP contribution in [-0.4, -0.2) is 28.7 Å². The topological polar surface area (TPSA) is 70.4 Å². The molecule has 0 bridgehead atoms. The first-order valence-corrected chi connectivity index (χ1v) is 11.2. The van der Waals surface area contributed by atoms with Crippen molar-refractivity contribution in [2.75, 3.05) is 13.2 Å². The molecule has 0 N–H and O–H groups in total. The zero-order valence-electron chi connectivity index (χ0n) is 16.7. The summed E-state index contributed by atoms with van der Waals surface area (Å²) in [6, 6.07) is 17.1. The van der Waals surface area contributed by atoms with E-state index in [1.54, 1.807) is 11.5 Å². The van der Waals surface area contributed by atoms with E-state index >= 15 is 0 Å². The molecule has 0 spiro atoms. The van der Waals surface area contributed by atoms with Crippen LogP contribution in [0.1, 0.15) is 20.8 Å². The van der Waals surface area contributed by atoms with Crippen molar-refractivity contribution in [1.82, 2.24) is 9.55 Å². The molecule has 4 aromatic rings. The van der Waals surface area contributed by atoms with E-state index in [9.17, 15) is 9.59 Å². The predicted molar refractivity (Wildman–Crippen MR) is 124 cm³/mol. The van der Waals surface area contributed by atoms with Crippen LogP contribution < -0.4 is 10.3 Å². The predicted octanol–water partition coefficient (Wildman–Crippen LogP) is 4.81. The van der Waals surface area contributed by atoms with E-state index < -0.39 is 5.97 Å². The maximum Gasteiger partial charge on any atom is 0.348 e. The molecule has 0 aliphatic heterocycles. The number of para-hydroxylation sites is 1. The van der Waals surface area contributed by atoms with Gasteiger partial charge in [0.1, 0.15) is 28.7 Å². The smallest absolute Gasteiger partial charge is 0.348 e. The first-order valence-electron chi connectivity index (χ1n) is 9.61. The molecule has 158 valence electrons. The van der Waals surface area contributed by atoms with Crippen LogP contribution in [0.2, 0.25) is 0 Å². The molecule has 0 aliphatic carbocycles. The third kappa shape index (κ3) is 4.86. The van der Waals surface area contributed by atoms with E-state index in [2.05, 4.69) is 20.9 Å². The highest BCUT2D eigenvalue weighted by atomic mass is 79.9. The van der Waals surface area contributed by atoms with Gasteiger partial charge >= 0.3 is 5.97 Å². The summed E-state index contributed by atoms with van der Waals surface area (Å²) in [6.07, 6.45) is 1.52. The SMILES string of the molecule is Cc1c(C(=O)OCCOc2ccccc2)sc2ncn(Cc3cccc(Br)c3)c(=O)c12. The largest absolute Gasteiger partial charge is 0.490 e. The number of carbonyl (C=O) groups is 1. The second kappa shape index (κ2) is 9.45. The minimum absolute atomic E-state index is 0.113. The molecule has 0 atom stereocenters. The van der Waals surface area contributed by atoms with Gasteiger partial charge in [-0.2, -0.15) is 0 Å². The molecular formula is C23H19BrN2O4S. The Balaban J connectivity index is 1.48. The lowest BCUT2D eigenvalue weighted by Gasteiger charge is -2.07. The average Bonchev–Trinajstić information content (AvgIpc) is 3.11. The van der Waals surface area contributed by atoms with Crippen LogP contribution in [0.5, 0.6) is 5.75 Å². The molecule has 2 aromatic heterocycles. The second-order valence-electron chi connectivity index (χ2n) is 6.84. The number of aryl methyl sites for hydroxylation is 1. The maximum absolute atomic E-state index is 13.0. The minimum Gasteiger partial charge on any atom is -0.490 e. The number of esters is 1. The molecule has 0 amide bonds. The lowest BCUT2D eigenvalue weighted by molar-refractivity contribution is 0.0455. The lowest BCUT2D eigenvalue weighted by Crippen LogP contribution is -2.21. The number of carbonyl (C=O) groups excluding carboxylic acids is 1. The van der Waals surface area contributed by atoms with Crippen LogP contribution in [0, 0.1) is 6.92 Å². The Labute approximate surface area is 191 Å². The first kappa shape index (κ1) is 21.3. The molecule has 6 nitrogen and oxygen atoms in total. The number of hydrogen-bond acceptors (Lipinski definition) is 6. The number of thiophene rings is 1. The Morgan fingerprint density at radius 3 is 2.71 bits per heavy atom. The van der Waals surface area contributed by atoms with E-state index in [1.165, 1.54) is 17.7 Å². The molecule has 2 aromatic carbocycles. The van der Waals surface area contributed by atoms with Crippen molar-refractivity contribution in [3.05, 3.63) is 91.8 Å². The Hall–Kier alpha value is -2.97. The summed E-state index contributed by atoms with van der Waals surface area (Å²) >= 11 is 4.61. The molecule has 8 heteroatoms. The van der Waals surface area contributed by atoms with Gasteiger partial charge in [-0.3, -0.25) is 9.36 Å². The van der Waals surface area contributed by atoms with Crippen molar-refractivity contribution in [2.45, 2.75) is 13.5 Å². The highest BCUT2D eigenvalue weighted by Gasteiger charge is 2.20. The van der Waals surface area contributed by atoms with Gasteiger partial charge in [-0.15, -0.1) is 11.3 Å². The number of aromatic nitrogens is 2. The van der Waals surface area contributed by atoms with Gasteiger partial charge < -0.3 is 9.47 Å². The summed E-state index contributed by atoms with van der Waals surface area (Å²) in [5, 5.41) is 0.454. The number of halogens is 1. The van der Waals surface area contributed by atoms with Crippen LogP contribution >= 0.6 is 27.3 Å². The van der Waals surface area contributed by atoms with Crippen LogP contribution in [0.4, 0.5) is 0 Å². The molecule has 0 radical (unpaired) electrons. The Morgan fingerprint density at radius 2 is 1.94 bits per heavy atom. The fourth-order valence-electron chi connectivity index (χ4n) is 3.17. The number of rotatable bonds is 7. The van der Waals surface area contributed by atoms with Gasteiger partial charge in [0.2, 0.25) is 0 Å². The lowest BCUT2D eigenvalue weighted by atomic mass is 10.2. The zero-order chi connectivity index (χ0) is 21.8. The number of hydrogen-bond donors (Lipinski definition) is 0. The van der Waals surface area contributed by atoms with Gasteiger partial charge in [0.15, 0.2) is 0 Å². The van der Waals surface area contributed by atoms with Crippen molar-refractivity contribution in [1.29, 1.82) is 0 Å². The summed E-state index contributed by atoms with van der Waals surface area (Å²) in [7, 11) is 0. The van der Waals surface area contributed by atoms with Gasteiger partial charge in [0, 0.05) is 4.47 Å². The molecule has 0 saturated carbocycles. The van der Waals surface area contributed by atoms with E-state index in [4.69, 9.17) is 9.47 Å². The van der Waals surface area contributed by atoms with Gasteiger partial charge in [0.05, 0.1) is 18.3 Å². The summed E-state index contributed by atoms with van der Waals surface area (Å²) in [6.45, 7) is 2.51. The molecular weight excluding hydrogens is 480 g/mol. The molecule has 0 fully saturated rings. The van der Waals surface area contributed by atoms with E-state index in [0.29, 0.717) is 33.0 Å². The number of fused-ring (bicyclic) bond motifs is 1. The highest BCUT2D eigenvalue weighted by Crippen LogP contribution is 2.27. The van der Waals surface area contributed by atoms with Crippen LogP contribution in [0.15, 0.2) is 70.2 Å². The monoisotopic (exact) mass is 498 g/mol. The summed E-state index contributed by atoms with van der Waals surface area (Å²) in [5.74, 6) is 0.238. The summed E-state index contributed by atoms with van der Waals surface area (Å²) < 4.78 is 13.4. The van der Waals surface area contributed by atoms with Gasteiger partial charge in [-0.1, -0.05) is 46.3 Å². The van der Waals surface area contributed by atoms with Crippen molar-refractivity contribution in [3.8, 4) is 5.75 Å². The van der Waals surface area contributed by atoms with E-state index in [1.807, 2.05) is 54.6 Å². The average molecular weight is 499 g/mol. The number of ether oxygens (including phenoxy) is 2. The van der Waals surface area contributed by atoms with Crippen molar-refractivity contribution >= 4 is 43.5 Å². The Kier molecular flexibility index (Phi) is 6.48. The fraction of sp³-hybridized carbons (Fsp3) is 0.174. The molecule has 4 rings (SSSR count). The third-order valence-corrected chi connectivity index (χ3v) is 6.35. The summed E-state index contributed by atoms with van der Waals surface area (Å²) in [5.41, 5.74) is 1.39. The standard InChI is InChI=1S/C23H19BrN2O4S/c1-15-19-21(25-14-26(22(19)27)13-16-6-5-7-17(24)12-16)31-20(15)23(28)30-11-10-29-18-8-3-2-4-9-18/h2-9,12,14H,10-11,13H2,1H3. The minimum atomic E-state index is -0.477. The first-order chi connectivity index (χ1) is 15.0. The van der Waals surface area contributed by atoms with Crippen molar-refractivity contribution < 1.29 is 14.3 Å². The van der Waals surface area contributed by atoms with Crippen LogP contribution in [0.25, 0.3) is 10.2 Å². The number of benzene rings is 2. The normalized spacial score (nSPS) is 10.9. The molecule has 31 heavy (non-hydrogen) atoms. The third-order valence-electron chi connectivity index (χ3n) is 4.67. The van der Waals surface area contributed by atoms with E-state index in [0.717, 1.165) is 10.0 Å². The fourth-order valence-corrected chi connectivity index (χ4v) is 4.65. The van der Waals surface area contributed by atoms with Gasteiger partial charge in [-0.25, -0.2) is 9.78 Å². The molecule has 0 saturated heterocycles. The van der Waals surface area contributed by atoms with Crippen molar-refractivity contribution in [2.24, 2.45) is 0 Å². The van der Waals surface area contributed by atoms with Gasteiger partial charge in [0.25, 0.3) is 5.56 Å². The second-order valence-corrected chi connectivity index (χ2v) is 8.76. The highest BCUT2D eigenvalue weighted by molar-refractivity contribution is 9.10. The number of nitrogens with zero attached hydrogens (tertiary/aromatic N) is 2. The molecule has 0 unspecified atom stereocenters. The van der Waals surface area contributed by atoms with E-state index in [-0.39, 0.29) is 18.8 Å². The Bertz CT molecular complexity index is 1280. The van der Waals surface area contributed by atoms with Gasteiger partial charge in [-0.05, 0) is 42.3 Å². The molecule has 2 heterocycles.